The zero-order valence-electron chi connectivity index (χ0n) is 25.0. The highest BCUT2D eigenvalue weighted by Crippen LogP contribution is 2.52. The molecule has 218 valence electrons. The molecule has 3 fully saturated rings. The van der Waals surface area contributed by atoms with E-state index in [1.807, 2.05) is 12.3 Å². The Bertz CT molecular complexity index is 2010. The lowest BCUT2D eigenvalue weighted by Crippen LogP contribution is -2.63. The number of benzene rings is 5. The van der Waals surface area contributed by atoms with Gasteiger partial charge in [-0.1, -0.05) is 84.9 Å². The summed E-state index contributed by atoms with van der Waals surface area (Å²) in [5.74, 6) is 2.72. The molecule has 0 N–H and O–H groups in total. The molecule has 0 saturated carbocycles. The Labute approximate surface area is 258 Å². The summed E-state index contributed by atoms with van der Waals surface area (Å²) in [5.41, 5.74) is 2.35. The van der Waals surface area contributed by atoms with E-state index in [0.29, 0.717) is 11.8 Å². The van der Waals surface area contributed by atoms with Gasteiger partial charge in [-0.15, -0.1) is 6.58 Å². The van der Waals surface area contributed by atoms with E-state index in [9.17, 15) is 0 Å². The lowest BCUT2D eigenvalue weighted by atomic mass is 9.66. The Balaban J connectivity index is 1.50. The zero-order valence-corrected chi connectivity index (χ0v) is 25.0. The topological polar surface area (TPSA) is 34.6 Å². The Hall–Kier alpha value is -4.67. The van der Waals surface area contributed by atoms with Crippen molar-refractivity contribution in [2.45, 2.75) is 24.5 Å². The van der Waals surface area contributed by atoms with Gasteiger partial charge in [0, 0.05) is 34.6 Å². The summed E-state index contributed by atoms with van der Waals surface area (Å²) in [6.45, 7) is 6.25. The number of hydrogen-bond donors (Lipinski definition) is 0. The fraction of sp³-hybridized carbons (Fsp3) is 0.225. The number of hydrogen-bond acceptors (Lipinski definition) is 4. The lowest BCUT2D eigenvalue weighted by molar-refractivity contribution is -0.0728. The number of pyridine rings is 1. The summed E-state index contributed by atoms with van der Waals surface area (Å²) in [6, 6.07) is 38.8. The second kappa shape index (κ2) is 10.8. The second-order valence-electron chi connectivity index (χ2n) is 12.3. The molecule has 6 aromatic rings. The molecule has 5 atom stereocenters. The molecule has 4 heterocycles. The second-order valence-corrected chi connectivity index (χ2v) is 12.3. The molecule has 3 aliphatic heterocycles. The van der Waals surface area contributed by atoms with Gasteiger partial charge in [-0.05, 0) is 77.7 Å². The summed E-state index contributed by atoms with van der Waals surface area (Å²) in [6.07, 6.45) is 6.31. The minimum Gasteiger partial charge on any atom is -0.497 e. The molecule has 0 amide bonds. The van der Waals surface area contributed by atoms with Gasteiger partial charge in [0.05, 0.1) is 18.7 Å². The van der Waals surface area contributed by atoms with Crippen LogP contribution in [0.1, 0.15) is 24.0 Å². The summed E-state index contributed by atoms with van der Waals surface area (Å²) in [4.78, 5) is 7.50. The third kappa shape index (κ3) is 4.20. The molecule has 0 radical (unpaired) electrons. The average molecular weight is 577 g/mol. The van der Waals surface area contributed by atoms with E-state index in [1.54, 1.807) is 7.11 Å². The van der Waals surface area contributed by atoms with E-state index >= 15 is 0 Å². The summed E-state index contributed by atoms with van der Waals surface area (Å²) < 4.78 is 13.6. The van der Waals surface area contributed by atoms with Gasteiger partial charge in [0.25, 0.3) is 0 Å². The van der Waals surface area contributed by atoms with Crippen LogP contribution in [0.25, 0.3) is 32.4 Å². The normalized spacial score (nSPS) is 22.6. The molecule has 0 aliphatic carbocycles. The molecule has 2 bridgehead atoms. The molecule has 9 rings (SSSR count). The number of rotatable bonds is 7. The Morgan fingerprint density at radius 3 is 2.32 bits per heavy atom. The van der Waals surface area contributed by atoms with Crippen molar-refractivity contribution in [3.8, 4) is 11.5 Å². The number of nitrogens with zero attached hydrogens (tertiary/aromatic N) is 2. The fourth-order valence-electron chi connectivity index (χ4n) is 8.02. The van der Waals surface area contributed by atoms with Crippen molar-refractivity contribution in [1.29, 1.82) is 0 Å². The molecule has 1 unspecified atom stereocenters. The van der Waals surface area contributed by atoms with Crippen molar-refractivity contribution in [2.24, 2.45) is 11.8 Å². The van der Waals surface area contributed by atoms with E-state index in [-0.39, 0.29) is 6.04 Å². The largest absolute Gasteiger partial charge is 0.497 e. The van der Waals surface area contributed by atoms with Crippen molar-refractivity contribution < 1.29 is 9.47 Å². The van der Waals surface area contributed by atoms with Gasteiger partial charge in [0.15, 0.2) is 5.60 Å². The predicted molar refractivity (Wildman–Crippen MR) is 179 cm³/mol. The molecule has 1 aromatic heterocycles. The standard InChI is InChI=1S/C40H36N2O2/c1-3-27-26-42-23-21-30(27)24-39(42)40(35-16-8-12-28-10-4-6-14-32(28)35,44-38-17-9-13-29-11-5-7-15-33(29)38)36-20-22-41-37-19-18-31(43-2)25-34(36)37/h3-20,22,25,27,30,39H,1,21,23-24,26H2,2H3/t27-,30-,39-,40+/m0/s1. The van der Waals surface area contributed by atoms with E-state index < -0.39 is 5.60 Å². The van der Waals surface area contributed by atoms with Crippen LogP contribution in [0.3, 0.4) is 0 Å². The van der Waals surface area contributed by atoms with Crippen LogP contribution in [0.4, 0.5) is 0 Å². The van der Waals surface area contributed by atoms with Crippen molar-refractivity contribution in [3.63, 3.8) is 0 Å². The first-order valence-electron chi connectivity index (χ1n) is 15.6. The molecular weight excluding hydrogens is 540 g/mol. The number of aromatic nitrogens is 1. The molecule has 44 heavy (non-hydrogen) atoms. The van der Waals surface area contributed by atoms with Crippen molar-refractivity contribution >= 4 is 32.4 Å². The maximum absolute atomic E-state index is 7.80. The number of ether oxygens (including phenoxy) is 2. The van der Waals surface area contributed by atoms with Crippen molar-refractivity contribution in [2.75, 3.05) is 20.2 Å². The highest BCUT2D eigenvalue weighted by Gasteiger charge is 2.54. The van der Waals surface area contributed by atoms with Gasteiger partial charge in [-0.3, -0.25) is 9.88 Å². The molecule has 3 aliphatic rings. The fourth-order valence-corrected chi connectivity index (χ4v) is 8.02. The van der Waals surface area contributed by atoms with Gasteiger partial charge in [-0.2, -0.15) is 0 Å². The third-order valence-electron chi connectivity index (χ3n) is 10.1. The molecule has 0 spiro atoms. The van der Waals surface area contributed by atoms with Crippen LogP contribution >= 0.6 is 0 Å². The van der Waals surface area contributed by atoms with Crippen LogP contribution in [-0.2, 0) is 5.60 Å². The smallest absolute Gasteiger partial charge is 0.176 e. The molecule has 3 saturated heterocycles. The number of piperidine rings is 3. The first-order chi connectivity index (χ1) is 21.7. The number of fused-ring (bicyclic) bond motifs is 6. The minimum absolute atomic E-state index is 0.0824. The summed E-state index contributed by atoms with van der Waals surface area (Å²) >= 11 is 0. The zero-order chi connectivity index (χ0) is 29.7. The highest BCUT2D eigenvalue weighted by atomic mass is 16.5. The first-order valence-corrected chi connectivity index (χ1v) is 15.6. The van der Waals surface area contributed by atoms with E-state index in [1.165, 1.54) is 22.8 Å². The predicted octanol–water partition coefficient (Wildman–Crippen LogP) is 8.77. The van der Waals surface area contributed by atoms with Crippen LogP contribution in [-0.4, -0.2) is 36.1 Å². The SMILES string of the molecule is C=C[C@H]1CN2CC[C@H]1C[C@H]2[C@@](Oc1cccc2ccccc12)(c1cccc2ccccc12)c1ccnc2ccc(OC)cc12. The van der Waals surface area contributed by atoms with Gasteiger partial charge >= 0.3 is 0 Å². The molecule has 4 nitrogen and oxygen atoms in total. The van der Waals surface area contributed by atoms with E-state index in [0.717, 1.165) is 58.2 Å². The quantitative estimate of drug-likeness (QED) is 0.178. The van der Waals surface area contributed by atoms with Crippen LogP contribution in [0, 0.1) is 11.8 Å². The monoisotopic (exact) mass is 576 g/mol. The van der Waals surface area contributed by atoms with Crippen molar-refractivity contribution in [1.82, 2.24) is 9.88 Å². The number of methoxy groups -OCH3 is 1. The summed E-state index contributed by atoms with van der Waals surface area (Å²) in [5, 5.41) is 5.71. The molecular formula is C40H36N2O2. The van der Waals surface area contributed by atoms with Gasteiger partial charge < -0.3 is 9.47 Å². The maximum Gasteiger partial charge on any atom is 0.176 e. The van der Waals surface area contributed by atoms with Crippen LogP contribution in [0.2, 0.25) is 0 Å². The van der Waals surface area contributed by atoms with Gasteiger partial charge in [0.2, 0.25) is 0 Å². The van der Waals surface area contributed by atoms with Crippen LogP contribution < -0.4 is 9.47 Å². The third-order valence-corrected chi connectivity index (χ3v) is 10.1. The maximum atomic E-state index is 7.80. The lowest BCUT2D eigenvalue weighted by Gasteiger charge is -2.56. The Kier molecular flexibility index (Phi) is 6.61. The Morgan fingerprint density at radius 1 is 0.818 bits per heavy atom. The van der Waals surface area contributed by atoms with Crippen LogP contribution in [0.5, 0.6) is 11.5 Å². The molecule has 4 heteroatoms. The Morgan fingerprint density at radius 2 is 1.55 bits per heavy atom. The minimum atomic E-state index is -0.858. The van der Waals surface area contributed by atoms with Crippen molar-refractivity contribution in [3.05, 3.63) is 139 Å². The van der Waals surface area contributed by atoms with Gasteiger partial charge in [0.1, 0.15) is 11.5 Å². The van der Waals surface area contributed by atoms with Crippen LogP contribution in [0.15, 0.2) is 128 Å². The molecule has 5 aromatic carbocycles. The van der Waals surface area contributed by atoms with E-state index in [2.05, 4.69) is 121 Å². The first kappa shape index (κ1) is 26.9. The van der Waals surface area contributed by atoms with E-state index in [4.69, 9.17) is 14.5 Å². The summed E-state index contributed by atoms with van der Waals surface area (Å²) in [7, 11) is 1.73. The highest BCUT2D eigenvalue weighted by molar-refractivity contribution is 5.92. The van der Waals surface area contributed by atoms with Gasteiger partial charge in [-0.25, -0.2) is 0 Å². The average Bonchev–Trinajstić information content (AvgIpc) is 3.10.